The van der Waals surface area contributed by atoms with Crippen LogP contribution in [0.3, 0.4) is 0 Å². The molecule has 1 saturated heterocycles. The Morgan fingerprint density at radius 2 is 2.16 bits per heavy atom. The number of ether oxygens (including phenoxy) is 1. The average Bonchev–Trinajstić information content (AvgIpc) is 3.05. The Kier molecular flexibility index (Phi) is 5.77. The van der Waals surface area contributed by atoms with Crippen LogP contribution in [0.2, 0.25) is 0 Å². The molecule has 0 aromatic heterocycles. The Morgan fingerprint density at radius 1 is 1.44 bits per heavy atom. The van der Waals surface area contributed by atoms with Crippen molar-refractivity contribution in [3.05, 3.63) is 29.8 Å². The van der Waals surface area contributed by atoms with Gasteiger partial charge in [0, 0.05) is 12.2 Å². The summed E-state index contributed by atoms with van der Waals surface area (Å²) in [5.74, 6) is -1.30. The third-order valence-electron chi connectivity index (χ3n) is 3.82. The summed E-state index contributed by atoms with van der Waals surface area (Å²) in [7, 11) is -3.51. The molecule has 25 heavy (non-hydrogen) atoms. The Labute approximate surface area is 146 Å². The molecule has 0 unspecified atom stereocenters. The van der Waals surface area contributed by atoms with E-state index < -0.39 is 34.0 Å². The van der Waals surface area contributed by atoms with Gasteiger partial charge in [-0.15, -0.1) is 0 Å². The monoisotopic (exact) mass is 365 g/mol. The van der Waals surface area contributed by atoms with E-state index in [1.807, 2.05) is 6.07 Å². The van der Waals surface area contributed by atoms with E-state index in [1.54, 1.807) is 18.2 Å². The number of sulfonamides is 1. The van der Waals surface area contributed by atoms with Gasteiger partial charge in [0.1, 0.15) is 6.04 Å². The van der Waals surface area contributed by atoms with Gasteiger partial charge < -0.3 is 10.1 Å². The Hall–Kier alpha value is -2.44. The zero-order chi connectivity index (χ0) is 18.6. The minimum Gasteiger partial charge on any atom is -0.451 e. The van der Waals surface area contributed by atoms with Crippen LogP contribution in [-0.2, 0) is 24.3 Å². The third-order valence-corrected chi connectivity index (χ3v) is 5.11. The smallest absolute Gasteiger partial charge is 0.325 e. The molecule has 1 aromatic carbocycles. The standard InChI is InChI=1S/C16H19N3O5S/c1-11(15(20)18-13-6-3-5-12(9-13)10-17)24-16(21)14-7-4-8-19(14)25(2,22)23/h3,5-6,9,11,14H,4,7-8H2,1-2H3,(H,18,20)/t11-,14+/m0/s1. The number of anilines is 1. The zero-order valence-electron chi connectivity index (χ0n) is 13.9. The SMILES string of the molecule is C[C@H](OC(=O)[C@H]1CCCN1S(C)(=O)=O)C(=O)Nc1cccc(C#N)c1. The molecule has 1 aromatic rings. The lowest BCUT2D eigenvalue weighted by molar-refractivity contribution is -0.156. The van der Waals surface area contributed by atoms with Gasteiger partial charge in [0.2, 0.25) is 10.0 Å². The molecule has 1 heterocycles. The molecule has 2 rings (SSSR count). The summed E-state index contributed by atoms with van der Waals surface area (Å²) in [5.41, 5.74) is 0.794. The average molecular weight is 365 g/mol. The first-order valence-electron chi connectivity index (χ1n) is 7.70. The summed E-state index contributed by atoms with van der Waals surface area (Å²) >= 11 is 0. The van der Waals surface area contributed by atoms with Gasteiger partial charge >= 0.3 is 5.97 Å². The summed E-state index contributed by atoms with van der Waals surface area (Å²) < 4.78 is 29.6. The molecular weight excluding hydrogens is 346 g/mol. The number of hydrogen-bond donors (Lipinski definition) is 1. The van der Waals surface area contributed by atoms with Crippen LogP contribution in [0.5, 0.6) is 0 Å². The van der Waals surface area contributed by atoms with E-state index in [0.717, 1.165) is 10.6 Å². The highest BCUT2D eigenvalue weighted by Crippen LogP contribution is 2.22. The lowest BCUT2D eigenvalue weighted by atomic mass is 10.2. The van der Waals surface area contributed by atoms with Crippen molar-refractivity contribution >= 4 is 27.6 Å². The second-order valence-corrected chi connectivity index (χ2v) is 7.73. The molecule has 0 bridgehead atoms. The van der Waals surface area contributed by atoms with Gasteiger partial charge in [-0.3, -0.25) is 9.59 Å². The normalized spacial score (nSPS) is 19.0. The number of nitrogens with zero attached hydrogens (tertiary/aromatic N) is 2. The first kappa shape index (κ1) is 18.9. The van der Waals surface area contributed by atoms with E-state index in [2.05, 4.69) is 5.32 Å². The van der Waals surface area contributed by atoms with Crippen LogP contribution in [0.4, 0.5) is 5.69 Å². The Morgan fingerprint density at radius 3 is 2.80 bits per heavy atom. The van der Waals surface area contributed by atoms with Gasteiger partial charge in [-0.25, -0.2) is 8.42 Å². The van der Waals surface area contributed by atoms with E-state index in [4.69, 9.17) is 10.00 Å². The van der Waals surface area contributed by atoms with Crippen molar-refractivity contribution in [2.45, 2.75) is 31.9 Å². The number of nitrogens with one attached hydrogen (secondary N) is 1. The lowest BCUT2D eigenvalue weighted by Crippen LogP contribution is -2.43. The van der Waals surface area contributed by atoms with Crippen LogP contribution < -0.4 is 5.32 Å². The molecule has 0 radical (unpaired) electrons. The van der Waals surface area contributed by atoms with Gasteiger partial charge in [0.25, 0.3) is 5.91 Å². The second kappa shape index (κ2) is 7.63. The van der Waals surface area contributed by atoms with Crippen LogP contribution in [0.15, 0.2) is 24.3 Å². The summed E-state index contributed by atoms with van der Waals surface area (Å²) in [5, 5.41) is 11.4. The molecule has 1 fully saturated rings. The minimum atomic E-state index is -3.51. The predicted molar refractivity (Wildman–Crippen MR) is 89.9 cm³/mol. The molecule has 2 atom stereocenters. The van der Waals surface area contributed by atoms with Gasteiger partial charge in [-0.05, 0) is 38.0 Å². The first-order valence-corrected chi connectivity index (χ1v) is 9.55. The van der Waals surface area contributed by atoms with Gasteiger partial charge in [-0.2, -0.15) is 9.57 Å². The van der Waals surface area contributed by atoms with Gasteiger partial charge in [0.15, 0.2) is 6.10 Å². The fourth-order valence-corrected chi connectivity index (χ4v) is 3.70. The van der Waals surface area contributed by atoms with Crippen molar-refractivity contribution in [1.82, 2.24) is 4.31 Å². The molecule has 1 aliphatic rings. The van der Waals surface area contributed by atoms with Crippen LogP contribution in [0, 0.1) is 11.3 Å². The van der Waals surface area contributed by atoms with E-state index >= 15 is 0 Å². The largest absolute Gasteiger partial charge is 0.451 e. The maximum absolute atomic E-state index is 12.2. The quantitative estimate of drug-likeness (QED) is 0.773. The highest BCUT2D eigenvalue weighted by molar-refractivity contribution is 7.88. The maximum atomic E-state index is 12.2. The number of benzene rings is 1. The van der Waals surface area contributed by atoms with E-state index in [-0.39, 0.29) is 6.54 Å². The van der Waals surface area contributed by atoms with Crippen molar-refractivity contribution in [3.8, 4) is 6.07 Å². The molecule has 8 nitrogen and oxygen atoms in total. The van der Waals surface area contributed by atoms with E-state index in [9.17, 15) is 18.0 Å². The molecule has 9 heteroatoms. The predicted octanol–water partition coefficient (Wildman–Crippen LogP) is 0.852. The molecular formula is C16H19N3O5S. The summed E-state index contributed by atoms with van der Waals surface area (Å²) in [6.45, 7) is 1.67. The van der Waals surface area contributed by atoms with Crippen molar-refractivity contribution in [3.63, 3.8) is 0 Å². The van der Waals surface area contributed by atoms with E-state index in [0.29, 0.717) is 24.1 Å². The van der Waals surface area contributed by atoms with Crippen molar-refractivity contribution in [2.24, 2.45) is 0 Å². The molecule has 0 saturated carbocycles. The maximum Gasteiger partial charge on any atom is 0.325 e. The van der Waals surface area contributed by atoms with Gasteiger partial charge in [0.05, 0.1) is 17.9 Å². The number of esters is 1. The number of nitriles is 1. The molecule has 1 aliphatic heterocycles. The van der Waals surface area contributed by atoms with Crippen molar-refractivity contribution in [2.75, 3.05) is 18.1 Å². The molecule has 1 N–H and O–H groups in total. The number of carbonyl (C=O) groups excluding carboxylic acids is 2. The third kappa shape index (κ3) is 4.78. The number of carbonyl (C=O) groups is 2. The topological polar surface area (TPSA) is 117 Å². The fraction of sp³-hybridized carbons (Fsp3) is 0.438. The Bertz CT molecular complexity index is 815. The van der Waals surface area contributed by atoms with Crippen LogP contribution in [0.25, 0.3) is 0 Å². The Balaban J connectivity index is 1.98. The van der Waals surface area contributed by atoms with E-state index in [1.165, 1.54) is 13.0 Å². The minimum absolute atomic E-state index is 0.264. The summed E-state index contributed by atoms with van der Waals surface area (Å²) in [4.78, 5) is 24.4. The molecule has 0 spiro atoms. The fourth-order valence-electron chi connectivity index (χ4n) is 2.59. The summed E-state index contributed by atoms with van der Waals surface area (Å²) in [6, 6.07) is 7.38. The second-order valence-electron chi connectivity index (χ2n) is 5.79. The van der Waals surface area contributed by atoms with Gasteiger partial charge in [-0.1, -0.05) is 6.07 Å². The van der Waals surface area contributed by atoms with Crippen molar-refractivity contribution < 1.29 is 22.7 Å². The number of amides is 1. The van der Waals surface area contributed by atoms with Crippen LogP contribution in [0.1, 0.15) is 25.3 Å². The summed E-state index contributed by atoms with van der Waals surface area (Å²) in [6.07, 6.45) is 0.871. The molecule has 134 valence electrons. The van der Waals surface area contributed by atoms with Crippen molar-refractivity contribution in [1.29, 1.82) is 5.26 Å². The number of hydrogen-bond acceptors (Lipinski definition) is 6. The first-order chi connectivity index (χ1) is 11.7. The van der Waals surface area contributed by atoms with Crippen LogP contribution in [-0.4, -0.2) is 49.5 Å². The van der Waals surface area contributed by atoms with Crippen LogP contribution >= 0.6 is 0 Å². The molecule has 1 amide bonds. The zero-order valence-corrected chi connectivity index (χ0v) is 14.7. The highest BCUT2D eigenvalue weighted by atomic mass is 32.2. The molecule has 0 aliphatic carbocycles. The lowest BCUT2D eigenvalue weighted by Gasteiger charge is -2.22. The highest BCUT2D eigenvalue weighted by Gasteiger charge is 2.38. The number of rotatable bonds is 5.